The first-order valence-electron chi connectivity index (χ1n) is 6.77. The molecule has 0 bridgehead atoms. The van der Waals surface area contributed by atoms with Crippen LogP contribution in [0.5, 0.6) is 0 Å². The topological polar surface area (TPSA) is 64.1 Å². The van der Waals surface area contributed by atoms with Crippen LogP contribution in [0.25, 0.3) is 10.2 Å². The lowest BCUT2D eigenvalue weighted by Crippen LogP contribution is -2.28. The average molecular weight is 291 g/mol. The number of hydrogen-bond donors (Lipinski definition) is 1. The molecule has 3 heterocycles. The van der Waals surface area contributed by atoms with Crippen LogP contribution in [0.2, 0.25) is 0 Å². The fraction of sp³-hybridized carbons (Fsp3) is 0.500. The third-order valence-corrected chi connectivity index (χ3v) is 4.35. The van der Waals surface area contributed by atoms with Gasteiger partial charge in [0.25, 0.3) is 0 Å². The summed E-state index contributed by atoms with van der Waals surface area (Å²) in [6.07, 6.45) is 1.56. The normalized spacial score (nSPS) is 16.5. The van der Waals surface area contributed by atoms with Crippen molar-refractivity contribution in [2.45, 2.75) is 26.7 Å². The molecule has 2 aromatic rings. The first-order valence-corrected chi connectivity index (χ1v) is 7.54. The zero-order valence-electron chi connectivity index (χ0n) is 11.6. The van der Waals surface area contributed by atoms with Crippen LogP contribution in [0.15, 0.2) is 6.07 Å². The molecule has 0 radical (unpaired) electrons. The number of pyridine rings is 1. The van der Waals surface area contributed by atoms with E-state index in [0.717, 1.165) is 34.3 Å². The molecule has 0 atom stereocenters. The van der Waals surface area contributed by atoms with E-state index < -0.39 is 0 Å². The Morgan fingerprint density at radius 2 is 2.15 bits per heavy atom. The molecular weight excluding hydrogens is 274 g/mol. The highest BCUT2D eigenvalue weighted by atomic mass is 32.1. The highest BCUT2D eigenvalue weighted by Crippen LogP contribution is 2.29. The van der Waals surface area contributed by atoms with Crippen molar-refractivity contribution < 1.29 is 9.53 Å². The Labute approximate surface area is 121 Å². The molecule has 2 aromatic heterocycles. The number of nitrogens with one attached hydrogen (secondary N) is 1. The van der Waals surface area contributed by atoms with Crippen LogP contribution in [0.1, 0.15) is 24.1 Å². The highest BCUT2D eigenvalue weighted by Gasteiger charge is 2.23. The molecule has 1 amide bonds. The average Bonchev–Trinajstić information content (AvgIpc) is 2.82. The molecule has 106 valence electrons. The number of carbonyl (C=O) groups is 1. The van der Waals surface area contributed by atoms with Crippen molar-refractivity contribution in [1.82, 2.24) is 9.36 Å². The molecule has 6 heteroatoms. The van der Waals surface area contributed by atoms with Crippen LogP contribution >= 0.6 is 11.5 Å². The Bertz CT molecular complexity index is 647. The lowest BCUT2D eigenvalue weighted by atomic mass is 9.99. The third-order valence-electron chi connectivity index (χ3n) is 3.61. The maximum atomic E-state index is 12.3. The van der Waals surface area contributed by atoms with Crippen LogP contribution < -0.4 is 5.32 Å². The number of nitrogens with zero attached hydrogens (tertiary/aromatic N) is 2. The second-order valence-corrected chi connectivity index (χ2v) is 5.92. The smallest absolute Gasteiger partial charge is 0.228 e. The van der Waals surface area contributed by atoms with Crippen molar-refractivity contribution >= 4 is 33.5 Å². The van der Waals surface area contributed by atoms with Gasteiger partial charge in [-0.1, -0.05) is 0 Å². The first-order chi connectivity index (χ1) is 9.65. The molecule has 1 fully saturated rings. The van der Waals surface area contributed by atoms with E-state index in [1.807, 2.05) is 19.9 Å². The quantitative estimate of drug-likeness (QED) is 0.924. The van der Waals surface area contributed by atoms with E-state index in [4.69, 9.17) is 4.74 Å². The molecule has 20 heavy (non-hydrogen) atoms. The predicted octanol–water partition coefficient (Wildman–Crippen LogP) is 2.67. The van der Waals surface area contributed by atoms with E-state index in [1.165, 1.54) is 11.5 Å². The minimum Gasteiger partial charge on any atom is -0.381 e. The van der Waals surface area contributed by atoms with Gasteiger partial charge >= 0.3 is 0 Å². The minimum atomic E-state index is 0.0270. The standard InChI is InChI=1S/C14H17N3O2S/c1-8-7-9(2)15-14-11(8)12(17-20-14)16-13(18)10-3-5-19-6-4-10/h7,10H,3-6H2,1-2H3,(H,16,17,18). The van der Waals surface area contributed by atoms with Gasteiger partial charge in [-0.25, -0.2) is 4.98 Å². The third kappa shape index (κ3) is 2.53. The summed E-state index contributed by atoms with van der Waals surface area (Å²) < 4.78 is 9.63. The van der Waals surface area contributed by atoms with Crippen LogP contribution in [-0.4, -0.2) is 28.5 Å². The van der Waals surface area contributed by atoms with Crippen LogP contribution in [0.4, 0.5) is 5.82 Å². The fourth-order valence-corrected chi connectivity index (χ4v) is 3.40. The summed E-state index contributed by atoms with van der Waals surface area (Å²) in [6, 6.07) is 2.01. The second-order valence-electron chi connectivity index (χ2n) is 5.17. The van der Waals surface area contributed by atoms with E-state index in [2.05, 4.69) is 14.7 Å². The van der Waals surface area contributed by atoms with Gasteiger partial charge in [-0.2, -0.15) is 4.37 Å². The molecule has 0 spiro atoms. The van der Waals surface area contributed by atoms with Gasteiger partial charge in [0.05, 0.1) is 5.39 Å². The van der Waals surface area contributed by atoms with Crippen molar-refractivity contribution in [2.24, 2.45) is 5.92 Å². The summed E-state index contributed by atoms with van der Waals surface area (Å²) in [7, 11) is 0. The molecule has 1 saturated heterocycles. The number of ether oxygens (including phenoxy) is 1. The van der Waals surface area contributed by atoms with Gasteiger partial charge in [0, 0.05) is 24.8 Å². The molecule has 1 N–H and O–H groups in total. The summed E-state index contributed by atoms with van der Waals surface area (Å²) >= 11 is 1.33. The number of amides is 1. The monoisotopic (exact) mass is 291 g/mol. The summed E-state index contributed by atoms with van der Waals surface area (Å²) in [6.45, 7) is 5.31. The van der Waals surface area contributed by atoms with Crippen LogP contribution in [0.3, 0.4) is 0 Å². The van der Waals surface area contributed by atoms with E-state index >= 15 is 0 Å². The zero-order valence-corrected chi connectivity index (χ0v) is 12.4. The summed E-state index contributed by atoms with van der Waals surface area (Å²) in [5.41, 5.74) is 2.07. The lowest BCUT2D eigenvalue weighted by Gasteiger charge is -2.20. The summed E-state index contributed by atoms with van der Waals surface area (Å²) in [4.78, 5) is 17.6. The zero-order chi connectivity index (χ0) is 14.1. The SMILES string of the molecule is Cc1cc(C)c2c(NC(=O)C3CCOCC3)nsc2n1. The molecule has 1 aliphatic rings. The fourth-order valence-electron chi connectivity index (χ4n) is 2.55. The van der Waals surface area contributed by atoms with Crippen LogP contribution in [0, 0.1) is 19.8 Å². The molecule has 0 aromatic carbocycles. The van der Waals surface area contributed by atoms with Crippen molar-refractivity contribution in [3.05, 3.63) is 17.3 Å². The van der Waals surface area contributed by atoms with Gasteiger partial charge in [-0.3, -0.25) is 4.79 Å². The maximum absolute atomic E-state index is 12.3. The number of rotatable bonds is 2. The molecule has 0 aliphatic carbocycles. The Morgan fingerprint density at radius 3 is 2.90 bits per heavy atom. The number of fused-ring (bicyclic) bond motifs is 1. The van der Waals surface area contributed by atoms with Crippen LogP contribution in [-0.2, 0) is 9.53 Å². The van der Waals surface area contributed by atoms with Gasteiger partial charge in [0.1, 0.15) is 4.83 Å². The highest BCUT2D eigenvalue weighted by molar-refractivity contribution is 7.13. The predicted molar refractivity (Wildman–Crippen MR) is 79.1 cm³/mol. The molecule has 0 unspecified atom stereocenters. The Kier molecular flexibility index (Phi) is 3.67. The van der Waals surface area contributed by atoms with E-state index in [-0.39, 0.29) is 11.8 Å². The molecule has 1 aliphatic heterocycles. The van der Waals surface area contributed by atoms with Gasteiger partial charge in [-0.15, -0.1) is 0 Å². The first kappa shape index (κ1) is 13.5. The van der Waals surface area contributed by atoms with Gasteiger partial charge in [-0.05, 0) is 49.9 Å². The lowest BCUT2D eigenvalue weighted by molar-refractivity contribution is -0.122. The van der Waals surface area contributed by atoms with Gasteiger partial charge < -0.3 is 10.1 Å². The maximum Gasteiger partial charge on any atom is 0.228 e. The van der Waals surface area contributed by atoms with Gasteiger partial charge in [0.15, 0.2) is 5.82 Å². The Hall–Kier alpha value is -1.53. The van der Waals surface area contributed by atoms with E-state index in [9.17, 15) is 4.79 Å². The second kappa shape index (κ2) is 5.46. The largest absolute Gasteiger partial charge is 0.381 e. The van der Waals surface area contributed by atoms with Crippen molar-refractivity contribution in [2.75, 3.05) is 18.5 Å². The van der Waals surface area contributed by atoms with E-state index in [0.29, 0.717) is 19.0 Å². The van der Waals surface area contributed by atoms with Crippen molar-refractivity contribution in [1.29, 1.82) is 0 Å². The molecule has 5 nitrogen and oxygen atoms in total. The minimum absolute atomic E-state index is 0.0270. The number of carbonyl (C=O) groups excluding carboxylic acids is 1. The number of hydrogen-bond acceptors (Lipinski definition) is 5. The Balaban J connectivity index is 1.85. The van der Waals surface area contributed by atoms with Crippen molar-refractivity contribution in [3.63, 3.8) is 0 Å². The van der Waals surface area contributed by atoms with Gasteiger partial charge in [0.2, 0.25) is 5.91 Å². The molecule has 3 rings (SSSR count). The number of anilines is 1. The van der Waals surface area contributed by atoms with E-state index in [1.54, 1.807) is 0 Å². The molecular formula is C14H17N3O2S. The summed E-state index contributed by atoms with van der Waals surface area (Å²) in [5, 5.41) is 3.92. The summed E-state index contributed by atoms with van der Waals surface area (Å²) in [5.74, 6) is 0.714. The number of aromatic nitrogens is 2. The van der Waals surface area contributed by atoms with Crippen molar-refractivity contribution in [3.8, 4) is 0 Å². The Morgan fingerprint density at radius 1 is 1.40 bits per heavy atom. The number of aryl methyl sites for hydroxylation is 2. The molecule has 0 saturated carbocycles.